The van der Waals surface area contributed by atoms with Crippen LogP contribution in [0.15, 0.2) is 0 Å². The fraction of sp³-hybridized carbons (Fsp3) is 1.00. The molecule has 1 unspecified atom stereocenters. The molecule has 62 valence electrons. The predicted octanol–water partition coefficient (Wildman–Crippen LogP) is 4.00. The molecule has 0 bridgehead atoms. The van der Waals surface area contributed by atoms with Crippen molar-refractivity contribution in [3.8, 4) is 0 Å². The van der Waals surface area contributed by atoms with E-state index in [1.165, 1.54) is 32.1 Å². The number of halogens is 2. The third kappa shape index (κ3) is 7.13. The third-order valence-electron chi connectivity index (χ3n) is 1.54. The molecule has 0 aliphatic heterocycles. The highest BCUT2D eigenvalue weighted by Gasteiger charge is 1.99. The van der Waals surface area contributed by atoms with Gasteiger partial charge in [0.2, 0.25) is 0 Å². The summed E-state index contributed by atoms with van der Waals surface area (Å²) >= 11 is 8.28. The van der Waals surface area contributed by atoms with Crippen LogP contribution in [0.4, 0.5) is 0 Å². The topological polar surface area (TPSA) is 0 Å². The molecule has 0 saturated carbocycles. The van der Waals surface area contributed by atoms with Gasteiger partial charge in [-0.2, -0.15) is 0 Å². The van der Waals surface area contributed by atoms with Gasteiger partial charge in [-0.3, -0.25) is 0 Å². The van der Waals surface area contributed by atoms with Crippen molar-refractivity contribution in [1.82, 2.24) is 0 Å². The lowest BCUT2D eigenvalue weighted by atomic mass is 10.1. The lowest BCUT2D eigenvalue weighted by Gasteiger charge is -2.03. The Labute approximate surface area is 82.9 Å². The van der Waals surface area contributed by atoms with Crippen LogP contribution in [0, 0.1) is 0 Å². The van der Waals surface area contributed by atoms with Crippen LogP contribution >= 0.6 is 34.2 Å². The highest BCUT2D eigenvalue weighted by atomic mass is 127. The zero-order valence-corrected chi connectivity index (χ0v) is 9.49. The first kappa shape index (κ1) is 11.0. The van der Waals surface area contributed by atoms with Crippen molar-refractivity contribution < 1.29 is 0 Å². The zero-order chi connectivity index (χ0) is 7.82. The fourth-order valence-electron chi connectivity index (χ4n) is 0.870. The van der Waals surface area contributed by atoms with Crippen LogP contribution in [0.3, 0.4) is 0 Å². The summed E-state index contributed by atoms with van der Waals surface area (Å²) in [7, 11) is 0. The lowest BCUT2D eigenvalue weighted by Crippen LogP contribution is -1.98. The summed E-state index contributed by atoms with van der Waals surface area (Å²) in [5, 5.41) is 0.414. The summed E-state index contributed by atoms with van der Waals surface area (Å²) < 4.78 is 1.09. The molecule has 10 heavy (non-hydrogen) atoms. The molecule has 0 heterocycles. The zero-order valence-electron chi connectivity index (χ0n) is 6.58. The molecule has 0 fully saturated rings. The van der Waals surface area contributed by atoms with Gasteiger partial charge in [0.25, 0.3) is 0 Å². The Morgan fingerprint density at radius 2 is 2.00 bits per heavy atom. The van der Waals surface area contributed by atoms with E-state index >= 15 is 0 Å². The molecule has 0 N–H and O–H groups in total. The normalized spacial score (nSPS) is 13.5. The van der Waals surface area contributed by atoms with Crippen LogP contribution in [0.1, 0.15) is 39.0 Å². The second kappa shape index (κ2) is 8.12. The Morgan fingerprint density at radius 3 is 2.50 bits per heavy atom. The summed E-state index contributed by atoms with van der Waals surface area (Å²) in [6, 6.07) is 0. The SMILES string of the molecule is CCCCCCC(Cl)CI. The van der Waals surface area contributed by atoms with Crippen LogP contribution < -0.4 is 0 Å². The summed E-state index contributed by atoms with van der Waals surface area (Å²) in [5.74, 6) is 0. The summed E-state index contributed by atoms with van der Waals surface area (Å²) in [5.41, 5.74) is 0. The van der Waals surface area contributed by atoms with E-state index in [1.807, 2.05) is 0 Å². The molecule has 0 radical (unpaired) electrons. The van der Waals surface area contributed by atoms with Crippen molar-refractivity contribution in [2.45, 2.75) is 44.4 Å². The average Bonchev–Trinajstić information content (AvgIpc) is 1.98. The van der Waals surface area contributed by atoms with Crippen LogP contribution in [0.25, 0.3) is 0 Å². The van der Waals surface area contributed by atoms with E-state index in [1.54, 1.807) is 0 Å². The molecule has 0 aliphatic rings. The highest BCUT2D eigenvalue weighted by molar-refractivity contribution is 14.1. The Kier molecular flexibility index (Phi) is 8.95. The molecule has 0 aromatic carbocycles. The molecule has 2 heteroatoms. The maximum absolute atomic E-state index is 5.94. The molecule has 0 amide bonds. The lowest BCUT2D eigenvalue weighted by molar-refractivity contribution is 0.631. The summed E-state index contributed by atoms with van der Waals surface area (Å²) in [4.78, 5) is 0. The molecular weight excluding hydrogens is 258 g/mol. The molecule has 0 aromatic heterocycles. The molecular formula is C8H16ClI. The van der Waals surface area contributed by atoms with Gasteiger partial charge in [0, 0.05) is 9.80 Å². The molecule has 0 aromatic rings. The molecule has 0 aliphatic carbocycles. The van der Waals surface area contributed by atoms with Gasteiger partial charge in [-0.25, -0.2) is 0 Å². The van der Waals surface area contributed by atoms with Gasteiger partial charge in [0.1, 0.15) is 0 Å². The summed E-state index contributed by atoms with van der Waals surface area (Å²) in [6.45, 7) is 2.23. The number of alkyl halides is 2. The van der Waals surface area contributed by atoms with E-state index in [2.05, 4.69) is 29.5 Å². The minimum Gasteiger partial charge on any atom is -0.122 e. The monoisotopic (exact) mass is 274 g/mol. The second-order valence-corrected chi connectivity index (χ2v) is 4.10. The third-order valence-corrected chi connectivity index (χ3v) is 3.49. The molecule has 0 rings (SSSR count). The first-order valence-corrected chi connectivity index (χ1v) is 5.97. The van der Waals surface area contributed by atoms with E-state index in [0.717, 1.165) is 4.43 Å². The van der Waals surface area contributed by atoms with Gasteiger partial charge in [-0.1, -0.05) is 55.2 Å². The van der Waals surface area contributed by atoms with Crippen molar-refractivity contribution >= 4 is 34.2 Å². The Bertz CT molecular complexity index is 66.3. The molecule has 0 saturated heterocycles. The van der Waals surface area contributed by atoms with E-state index in [0.29, 0.717) is 5.38 Å². The van der Waals surface area contributed by atoms with Crippen LogP contribution in [-0.2, 0) is 0 Å². The maximum Gasteiger partial charge on any atom is 0.0425 e. The van der Waals surface area contributed by atoms with Crippen LogP contribution in [0.5, 0.6) is 0 Å². The Hall–Kier alpha value is 1.02. The minimum atomic E-state index is 0.414. The van der Waals surface area contributed by atoms with E-state index in [9.17, 15) is 0 Å². The van der Waals surface area contributed by atoms with Gasteiger partial charge in [-0.15, -0.1) is 11.6 Å². The number of hydrogen-bond acceptors (Lipinski definition) is 0. The predicted molar refractivity (Wildman–Crippen MR) is 57.3 cm³/mol. The van der Waals surface area contributed by atoms with Gasteiger partial charge >= 0.3 is 0 Å². The second-order valence-electron chi connectivity index (χ2n) is 2.60. The van der Waals surface area contributed by atoms with Gasteiger partial charge in [-0.05, 0) is 6.42 Å². The fourth-order valence-corrected chi connectivity index (χ4v) is 1.46. The van der Waals surface area contributed by atoms with Crippen molar-refractivity contribution in [1.29, 1.82) is 0 Å². The number of unbranched alkanes of at least 4 members (excludes halogenated alkanes) is 3. The quantitative estimate of drug-likeness (QED) is 0.390. The van der Waals surface area contributed by atoms with E-state index in [-0.39, 0.29) is 0 Å². The van der Waals surface area contributed by atoms with Gasteiger partial charge < -0.3 is 0 Å². The first-order valence-electron chi connectivity index (χ1n) is 4.01. The van der Waals surface area contributed by atoms with Crippen molar-refractivity contribution in [2.75, 3.05) is 4.43 Å². The maximum atomic E-state index is 5.94. The van der Waals surface area contributed by atoms with E-state index in [4.69, 9.17) is 11.6 Å². The number of rotatable bonds is 6. The highest BCUT2D eigenvalue weighted by Crippen LogP contribution is 2.11. The van der Waals surface area contributed by atoms with Gasteiger partial charge in [0.05, 0.1) is 0 Å². The van der Waals surface area contributed by atoms with Gasteiger partial charge in [0.15, 0.2) is 0 Å². The summed E-state index contributed by atoms with van der Waals surface area (Å²) in [6.07, 6.45) is 6.55. The largest absolute Gasteiger partial charge is 0.122 e. The number of hydrogen-bond donors (Lipinski definition) is 0. The first-order chi connectivity index (χ1) is 4.81. The smallest absolute Gasteiger partial charge is 0.0425 e. The van der Waals surface area contributed by atoms with Crippen LogP contribution in [0.2, 0.25) is 0 Å². The van der Waals surface area contributed by atoms with Crippen LogP contribution in [-0.4, -0.2) is 9.80 Å². The van der Waals surface area contributed by atoms with E-state index < -0.39 is 0 Å². The van der Waals surface area contributed by atoms with Crippen molar-refractivity contribution in [3.05, 3.63) is 0 Å². The molecule has 0 spiro atoms. The minimum absolute atomic E-state index is 0.414. The Balaban J connectivity index is 2.89. The Morgan fingerprint density at radius 1 is 1.30 bits per heavy atom. The van der Waals surface area contributed by atoms with Crippen molar-refractivity contribution in [3.63, 3.8) is 0 Å². The molecule has 0 nitrogen and oxygen atoms in total. The standard InChI is InChI=1S/C8H16ClI/c1-2-3-4-5-6-8(9)7-10/h8H,2-7H2,1H3. The van der Waals surface area contributed by atoms with Crippen molar-refractivity contribution in [2.24, 2.45) is 0 Å². The molecule has 1 atom stereocenters. The average molecular weight is 275 g/mol.